The number of halogens is 1. The second-order valence-corrected chi connectivity index (χ2v) is 6.86. The maximum absolute atomic E-state index is 12.7. The van der Waals surface area contributed by atoms with Crippen LogP contribution in [-0.4, -0.2) is 23.0 Å². The average Bonchev–Trinajstić information content (AvgIpc) is 2.80. The number of carbonyl (C=O) groups is 2. The number of nitro benzene ring substituents is 1. The van der Waals surface area contributed by atoms with Crippen LogP contribution in [0, 0.1) is 10.1 Å². The molecule has 0 fully saturated rings. The fourth-order valence-corrected chi connectivity index (χ4v) is 2.82. The number of hydrogen-bond acceptors (Lipinski definition) is 5. The van der Waals surface area contributed by atoms with Gasteiger partial charge in [-0.2, -0.15) is 5.10 Å². The van der Waals surface area contributed by atoms with E-state index < -0.39 is 16.7 Å². The predicted molar refractivity (Wildman–Crippen MR) is 122 cm³/mol. The SMILES string of the molecule is O=C(N/N=C/c1ccc(Cl)c([N+](=O)[O-])c1)/C(=C/c1ccccc1)NC(=O)c1ccccc1. The van der Waals surface area contributed by atoms with E-state index in [1.807, 2.05) is 6.07 Å². The highest BCUT2D eigenvalue weighted by Crippen LogP contribution is 2.24. The molecule has 2 N–H and O–H groups in total. The van der Waals surface area contributed by atoms with Gasteiger partial charge >= 0.3 is 0 Å². The first kappa shape index (κ1) is 22.4. The fraction of sp³-hybridized carbons (Fsp3) is 0. The Hall–Kier alpha value is -4.30. The third-order valence-corrected chi connectivity index (χ3v) is 4.51. The van der Waals surface area contributed by atoms with Gasteiger partial charge in [-0.25, -0.2) is 5.43 Å². The summed E-state index contributed by atoms with van der Waals surface area (Å²) in [5.41, 5.74) is 3.46. The Bertz CT molecular complexity index is 1200. The Kier molecular flexibility index (Phi) is 7.45. The molecule has 0 saturated heterocycles. The van der Waals surface area contributed by atoms with E-state index in [9.17, 15) is 19.7 Å². The average molecular weight is 449 g/mol. The van der Waals surface area contributed by atoms with Crippen molar-refractivity contribution in [1.29, 1.82) is 0 Å². The van der Waals surface area contributed by atoms with Crippen molar-refractivity contribution in [3.05, 3.63) is 116 Å². The van der Waals surface area contributed by atoms with Crippen LogP contribution in [0.2, 0.25) is 5.02 Å². The minimum absolute atomic E-state index is 0.00658. The molecule has 2 amide bonds. The van der Waals surface area contributed by atoms with E-state index in [1.54, 1.807) is 54.6 Å². The van der Waals surface area contributed by atoms with Gasteiger partial charge in [0.2, 0.25) is 0 Å². The van der Waals surface area contributed by atoms with E-state index in [-0.39, 0.29) is 16.4 Å². The summed E-state index contributed by atoms with van der Waals surface area (Å²) in [6.07, 6.45) is 2.75. The minimum Gasteiger partial charge on any atom is -0.317 e. The van der Waals surface area contributed by atoms with E-state index in [0.29, 0.717) is 16.7 Å². The summed E-state index contributed by atoms with van der Waals surface area (Å²) in [5.74, 6) is -1.13. The number of rotatable bonds is 7. The third kappa shape index (κ3) is 6.10. The molecular weight excluding hydrogens is 432 g/mol. The molecule has 0 aliphatic heterocycles. The first-order valence-corrected chi connectivity index (χ1v) is 9.72. The third-order valence-electron chi connectivity index (χ3n) is 4.19. The standard InChI is InChI=1S/C23H17ClN4O4/c24-19-12-11-17(14-21(19)28(31)32)15-25-27-23(30)20(13-16-7-3-1-4-8-16)26-22(29)18-9-5-2-6-10-18/h1-15H,(H,26,29)(H,27,30)/b20-13-,25-15+. The smallest absolute Gasteiger partial charge is 0.288 e. The van der Waals surface area contributed by atoms with Gasteiger partial charge in [0.15, 0.2) is 0 Å². The zero-order chi connectivity index (χ0) is 22.9. The molecule has 0 spiro atoms. The molecule has 3 aromatic rings. The molecule has 0 radical (unpaired) electrons. The number of hydrogen-bond donors (Lipinski definition) is 2. The number of nitrogens with zero attached hydrogens (tertiary/aromatic N) is 2. The molecule has 0 atom stereocenters. The van der Waals surface area contributed by atoms with Crippen LogP contribution in [0.3, 0.4) is 0 Å². The van der Waals surface area contributed by atoms with Crippen LogP contribution >= 0.6 is 11.6 Å². The largest absolute Gasteiger partial charge is 0.317 e. The molecule has 0 unspecified atom stereocenters. The maximum atomic E-state index is 12.7. The summed E-state index contributed by atoms with van der Waals surface area (Å²) < 4.78 is 0. The molecule has 3 rings (SSSR count). The monoisotopic (exact) mass is 448 g/mol. The van der Waals surface area contributed by atoms with Crippen LogP contribution in [0.4, 0.5) is 5.69 Å². The molecule has 9 heteroatoms. The lowest BCUT2D eigenvalue weighted by Gasteiger charge is -2.09. The zero-order valence-corrected chi connectivity index (χ0v) is 17.3. The Labute approximate surface area is 188 Å². The van der Waals surface area contributed by atoms with Gasteiger partial charge in [0, 0.05) is 17.2 Å². The number of hydrazone groups is 1. The van der Waals surface area contributed by atoms with Crippen LogP contribution < -0.4 is 10.7 Å². The highest BCUT2D eigenvalue weighted by Gasteiger charge is 2.15. The van der Waals surface area contributed by atoms with E-state index in [1.165, 1.54) is 30.5 Å². The van der Waals surface area contributed by atoms with E-state index >= 15 is 0 Å². The van der Waals surface area contributed by atoms with Crippen molar-refractivity contribution in [2.24, 2.45) is 5.10 Å². The Morgan fingerprint density at radius 2 is 1.59 bits per heavy atom. The van der Waals surface area contributed by atoms with E-state index in [2.05, 4.69) is 15.8 Å². The van der Waals surface area contributed by atoms with Gasteiger partial charge in [-0.05, 0) is 29.8 Å². The van der Waals surface area contributed by atoms with E-state index in [4.69, 9.17) is 11.6 Å². The summed E-state index contributed by atoms with van der Waals surface area (Å²) >= 11 is 5.79. The van der Waals surface area contributed by atoms with Crippen molar-refractivity contribution in [3.63, 3.8) is 0 Å². The van der Waals surface area contributed by atoms with Crippen LogP contribution in [-0.2, 0) is 4.79 Å². The molecule has 0 bridgehead atoms. The normalized spacial score (nSPS) is 11.2. The van der Waals surface area contributed by atoms with Gasteiger partial charge in [0.1, 0.15) is 10.7 Å². The molecule has 8 nitrogen and oxygen atoms in total. The van der Waals surface area contributed by atoms with Crippen LogP contribution in [0.5, 0.6) is 0 Å². The molecule has 3 aromatic carbocycles. The summed E-state index contributed by atoms with van der Waals surface area (Å²) in [7, 11) is 0. The second kappa shape index (κ2) is 10.6. The molecule has 0 aliphatic rings. The van der Waals surface area contributed by atoms with Crippen molar-refractivity contribution in [2.75, 3.05) is 0 Å². The molecule has 0 heterocycles. The molecule has 0 aliphatic carbocycles. The number of carbonyl (C=O) groups excluding carboxylic acids is 2. The van der Waals surface area contributed by atoms with Crippen LogP contribution in [0.15, 0.2) is 89.7 Å². The van der Waals surface area contributed by atoms with Gasteiger partial charge in [-0.3, -0.25) is 19.7 Å². The van der Waals surface area contributed by atoms with Crippen molar-refractivity contribution in [3.8, 4) is 0 Å². The number of nitro groups is 1. The van der Waals surface area contributed by atoms with Crippen molar-refractivity contribution >= 4 is 41.4 Å². The summed E-state index contributed by atoms with van der Waals surface area (Å²) in [6.45, 7) is 0. The lowest BCUT2D eigenvalue weighted by molar-refractivity contribution is -0.384. The first-order chi connectivity index (χ1) is 15.4. The van der Waals surface area contributed by atoms with Crippen molar-refractivity contribution in [2.45, 2.75) is 0 Å². The van der Waals surface area contributed by atoms with Gasteiger partial charge in [-0.1, -0.05) is 66.2 Å². The number of amides is 2. The second-order valence-electron chi connectivity index (χ2n) is 6.46. The van der Waals surface area contributed by atoms with Crippen LogP contribution in [0.25, 0.3) is 6.08 Å². The van der Waals surface area contributed by atoms with Crippen molar-refractivity contribution < 1.29 is 14.5 Å². The number of nitrogens with one attached hydrogen (secondary N) is 2. The lowest BCUT2D eigenvalue weighted by Crippen LogP contribution is -2.32. The summed E-state index contributed by atoms with van der Waals surface area (Å²) in [5, 5.41) is 17.4. The van der Waals surface area contributed by atoms with Gasteiger partial charge in [-0.15, -0.1) is 0 Å². The maximum Gasteiger partial charge on any atom is 0.288 e. The topological polar surface area (TPSA) is 114 Å². The zero-order valence-electron chi connectivity index (χ0n) is 16.6. The predicted octanol–water partition coefficient (Wildman–Crippen LogP) is 4.17. The molecule has 160 valence electrons. The minimum atomic E-state index is -0.669. The molecule has 0 saturated carbocycles. The van der Waals surface area contributed by atoms with Crippen LogP contribution in [0.1, 0.15) is 21.5 Å². The number of benzene rings is 3. The quantitative estimate of drug-likeness (QED) is 0.244. The highest BCUT2D eigenvalue weighted by molar-refractivity contribution is 6.32. The highest BCUT2D eigenvalue weighted by atomic mass is 35.5. The molecular formula is C23H17ClN4O4. The lowest BCUT2D eigenvalue weighted by atomic mass is 10.1. The Balaban J connectivity index is 1.79. The van der Waals surface area contributed by atoms with Gasteiger partial charge in [0.05, 0.1) is 11.1 Å². The Morgan fingerprint density at radius 1 is 0.938 bits per heavy atom. The van der Waals surface area contributed by atoms with Crippen molar-refractivity contribution in [1.82, 2.24) is 10.7 Å². The summed E-state index contributed by atoms with van der Waals surface area (Å²) in [6, 6.07) is 21.5. The fourth-order valence-electron chi connectivity index (χ4n) is 2.63. The Morgan fingerprint density at radius 3 is 2.25 bits per heavy atom. The van der Waals surface area contributed by atoms with E-state index in [0.717, 1.165) is 0 Å². The first-order valence-electron chi connectivity index (χ1n) is 9.34. The molecule has 0 aromatic heterocycles. The van der Waals surface area contributed by atoms with Gasteiger partial charge < -0.3 is 5.32 Å². The molecule has 32 heavy (non-hydrogen) atoms. The van der Waals surface area contributed by atoms with Gasteiger partial charge in [0.25, 0.3) is 17.5 Å². The summed E-state index contributed by atoms with van der Waals surface area (Å²) in [4.78, 5) is 35.6.